The minimum atomic E-state index is -0.0150. The molecule has 3 atom stereocenters. The van der Waals surface area contributed by atoms with E-state index in [-0.39, 0.29) is 24.0 Å². The van der Waals surface area contributed by atoms with Crippen LogP contribution in [0.15, 0.2) is 24.5 Å². The average molecular weight is 303 g/mol. The number of rotatable bonds is 5. The Bertz CT molecular complexity index is 506. The molecule has 1 amide bonds. The number of ether oxygens (including phenoxy) is 1. The molecule has 1 N–H and O–H groups in total. The first kappa shape index (κ1) is 15.4. The topological polar surface area (TPSA) is 54.5 Å². The highest BCUT2D eigenvalue weighted by atomic mass is 16.5. The summed E-state index contributed by atoms with van der Waals surface area (Å²) in [6.07, 6.45) is 4.63. The summed E-state index contributed by atoms with van der Waals surface area (Å²) >= 11 is 0. The van der Waals surface area contributed by atoms with Crippen molar-refractivity contribution in [3.63, 3.8) is 0 Å². The number of fused-ring (bicyclic) bond motifs is 2. The van der Waals surface area contributed by atoms with Crippen molar-refractivity contribution < 1.29 is 9.53 Å². The second-order valence-corrected chi connectivity index (χ2v) is 6.83. The zero-order valence-electron chi connectivity index (χ0n) is 13.4. The van der Waals surface area contributed by atoms with Crippen LogP contribution in [0.2, 0.25) is 0 Å². The molecular formula is C17H25N3O2. The van der Waals surface area contributed by atoms with E-state index in [1.807, 2.05) is 12.1 Å². The van der Waals surface area contributed by atoms with Gasteiger partial charge in [-0.15, -0.1) is 0 Å². The molecule has 2 aliphatic rings. The van der Waals surface area contributed by atoms with Crippen molar-refractivity contribution in [2.45, 2.75) is 39.0 Å². The van der Waals surface area contributed by atoms with Crippen molar-refractivity contribution in [2.24, 2.45) is 11.8 Å². The van der Waals surface area contributed by atoms with E-state index in [0.29, 0.717) is 12.5 Å². The predicted molar refractivity (Wildman–Crippen MR) is 84.1 cm³/mol. The number of morpholine rings is 1. The van der Waals surface area contributed by atoms with Crippen LogP contribution in [0.5, 0.6) is 0 Å². The first-order valence-corrected chi connectivity index (χ1v) is 8.16. The average Bonchev–Trinajstić information content (AvgIpc) is 2.80. The Morgan fingerprint density at radius 2 is 2.36 bits per heavy atom. The van der Waals surface area contributed by atoms with E-state index in [9.17, 15) is 4.79 Å². The van der Waals surface area contributed by atoms with Crippen LogP contribution in [0, 0.1) is 11.8 Å². The van der Waals surface area contributed by atoms with E-state index >= 15 is 0 Å². The SMILES string of the molecule is CC(C)CN1C[C@@H]2C[C@H](C(=O)NCc3cccnc3)[C@H](C1)O2. The number of nitrogens with one attached hydrogen (secondary N) is 1. The number of pyridine rings is 1. The first-order chi connectivity index (χ1) is 10.6. The summed E-state index contributed by atoms with van der Waals surface area (Å²) in [5, 5.41) is 3.03. The van der Waals surface area contributed by atoms with Crippen molar-refractivity contribution in [3.05, 3.63) is 30.1 Å². The summed E-state index contributed by atoms with van der Waals surface area (Å²) in [5.41, 5.74) is 1.03. The predicted octanol–water partition coefficient (Wildman–Crippen LogP) is 1.44. The molecule has 0 aromatic carbocycles. The summed E-state index contributed by atoms with van der Waals surface area (Å²) in [4.78, 5) is 19.0. The van der Waals surface area contributed by atoms with Gasteiger partial charge in [-0.25, -0.2) is 0 Å². The standard InChI is InChI=1S/C17H25N3O2/c1-12(2)9-20-10-14-6-15(16(11-20)22-14)17(21)19-8-13-4-3-5-18-7-13/h3-5,7,12,14-16H,6,8-11H2,1-2H3,(H,19,21)/t14-,15-,16-/m0/s1. The van der Waals surface area contributed by atoms with Crippen LogP contribution < -0.4 is 5.32 Å². The monoisotopic (exact) mass is 303 g/mol. The van der Waals surface area contributed by atoms with Gasteiger partial charge in [0.05, 0.1) is 18.1 Å². The Morgan fingerprint density at radius 3 is 3.09 bits per heavy atom. The van der Waals surface area contributed by atoms with Crippen LogP contribution in [-0.4, -0.2) is 47.6 Å². The summed E-state index contributed by atoms with van der Waals surface area (Å²) in [6, 6.07) is 3.86. The normalized spacial score (nSPS) is 28.0. The number of hydrogen-bond donors (Lipinski definition) is 1. The molecule has 2 bridgehead atoms. The lowest BCUT2D eigenvalue weighted by molar-refractivity contribution is -0.128. The Morgan fingerprint density at radius 1 is 1.50 bits per heavy atom. The highest BCUT2D eigenvalue weighted by Gasteiger charge is 2.44. The van der Waals surface area contributed by atoms with Crippen LogP contribution in [-0.2, 0) is 16.1 Å². The largest absolute Gasteiger partial charge is 0.371 e. The van der Waals surface area contributed by atoms with Gasteiger partial charge in [0.25, 0.3) is 0 Å². The molecule has 1 aromatic heterocycles. The maximum absolute atomic E-state index is 12.5. The van der Waals surface area contributed by atoms with Gasteiger partial charge in [0.2, 0.25) is 5.91 Å². The van der Waals surface area contributed by atoms with Gasteiger partial charge >= 0.3 is 0 Å². The molecule has 0 radical (unpaired) electrons. The van der Waals surface area contributed by atoms with Crippen LogP contribution in [0.1, 0.15) is 25.8 Å². The fourth-order valence-electron chi connectivity index (χ4n) is 3.50. The second-order valence-electron chi connectivity index (χ2n) is 6.83. The lowest BCUT2D eigenvalue weighted by Gasteiger charge is -2.33. The number of nitrogens with zero attached hydrogens (tertiary/aromatic N) is 2. The third kappa shape index (κ3) is 3.65. The molecule has 5 nitrogen and oxygen atoms in total. The van der Waals surface area contributed by atoms with E-state index in [1.54, 1.807) is 12.4 Å². The van der Waals surface area contributed by atoms with E-state index in [1.165, 1.54) is 0 Å². The first-order valence-electron chi connectivity index (χ1n) is 8.16. The van der Waals surface area contributed by atoms with Gasteiger partial charge in [0, 0.05) is 38.6 Å². The quantitative estimate of drug-likeness (QED) is 0.894. The summed E-state index contributed by atoms with van der Waals surface area (Å²) < 4.78 is 5.98. The number of likely N-dealkylation sites (tertiary alicyclic amines) is 1. The number of amides is 1. The molecule has 5 heteroatoms. The van der Waals surface area contributed by atoms with Gasteiger partial charge in [-0.1, -0.05) is 19.9 Å². The maximum Gasteiger partial charge on any atom is 0.226 e. The minimum Gasteiger partial charge on any atom is -0.371 e. The Hall–Kier alpha value is -1.46. The second kappa shape index (κ2) is 6.75. The van der Waals surface area contributed by atoms with Crippen molar-refractivity contribution >= 4 is 5.91 Å². The number of carbonyl (C=O) groups is 1. The molecule has 0 spiro atoms. The number of aromatic nitrogens is 1. The van der Waals surface area contributed by atoms with Crippen molar-refractivity contribution in [2.75, 3.05) is 19.6 Å². The Kier molecular flexibility index (Phi) is 4.74. The van der Waals surface area contributed by atoms with Crippen LogP contribution in [0.25, 0.3) is 0 Å². The minimum absolute atomic E-state index is 0.0150. The molecule has 2 fully saturated rings. The molecule has 0 aliphatic carbocycles. The van der Waals surface area contributed by atoms with Gasteiger partial charge in [-0.05, 0) is 24.0 Å². The summed E-state index contributed by atoms with van der Waals surface area (Å²) in [7, 11) is 0. The zero-order chi connectivity index (χ0) is 15.5. The van der Waals surface area contributed by atoms with E-state index < -0.39 is 0 Å². The van der Waals surface area contributed by atoms with Crippen LogP contribution in [0.4, 0.5) is 0 Å². The molecule has 22 heavy (non-hydrogen) atoms. The van der Waals surface area contributed by atoms with Gasteiger partial charge < -0.3 is 10.1 Å². The lowest BCUT2D eigenvalue weighted by atomic mass is 9.99. The smallest absolute Gasteiger partial charge is 0.226 e. The van der Waals surface area contributed by atoms with E-state index in [0.717, 1.165) is 31.6 Å². The maximum atomic E-state index is 12.5. The molecule has 0 saturated carbocycles. The highest BCUT2D eigenvalue weighted by molar-refractivity contribution is 5.79. The van der Waals surface area contributed by atoms with Gasteiger partial charge in [0.15, 0.2) is 0 Å². The molecule has 120 valence electrons. The molecular weight excluding hydrogens is 278 g/mol. The molecule has 1 aromatic rings. The fraction of sp³-hybridized carbons (Fsp3) is 0.647. The Labute approximate surface area is 132 Å². The van der Waals surface area contributed by atoms with Crippen molar-refractivity contribution in [3.8, 4) is 0 Å². The molecule has 0 unspecified atom stereocenters. The molecule has 3 rings (SSSR count). The molecule has 2 saturated heterocycles. The van der Waals surface area contributed by atoms with Crippen molar-refractivity contribution in [1.82, 2.24) is 15.2 Å². The summed E-state index contributed by atoms with van der Waals surface area (Å²) in [6.45, 7) is 7.92. The number of hydrogen-bond acceptors (Lipinski definition) is 4. The fourth-order valence-corrected chi connectivity index (χ4v) is 3.50. The molecule has 3 heterocycles. The van der Waals surface area contributed by atoms with Gasteiger partial charge in [0.1, 0.15) is 0 Å². The highest BCUT2D eigenvalue weighted by Crippen LogP contribution is 2.32. The third-order valence-corrected chi connectivity index (χ3v) is 4.38. The third-order valence-electron chi connectivity index (χ3n) is 4.38. The van der Waals surface area contributed by atoms with Gasteiger partial charge in [-0.3, -0.25) is 14.7 Å². The van der Waals surface area contributed by atoms with Gasteiger partial charge in [-0.2, -0.15) is 0 Å². The van der Waals surface area contributed by atoms with Crippen LogP contribution >= 0.6 is 0 Å². The van der Waals surface area contributed by atoms with Crippen molar-refractivity contribution in [1.29, 1.82) is 0 Å². The summed E-state index contributed by atoms with van der Waals surface area (Å²) in [5.74, 6) is 0.747. The number of carbonyl (C=O) groups excluding carboxylic acids is 1. The zero-order valence-corrected chi connectivity index (χ0v) is 13.4. The Balaban J connectivity index is 1.53. The van der Waals surface area contributed by atoms with E-state index in [2.05, 4.69) is 29.0 Å². The molecule has 2 aliphatic heterocycles. The van der Waals surface area contributed by atoms with Crippen LogP contribution in [0.3, 0.4) is 0 Å². The lowest BCUT2D eigenvalue weighted by Crippen LogP contribution is -2.46. The van der Waals surface area contributed by atoms with E-state index in [4.69, 9.17) is 4.74 Å².